The first-order valence-corrected chi connectivity index (χ1v) is 7.14. The van der Waals surface area contributed by atoms with Crippen molar-refractivity contribution in [2.24, 2.45) is 0 Å². The number of rotatable bonds is 4. The topological polar surface area (TPSA) is 106 Å². The predicted molar refractivity (Wildman–Crippen MR) is 82.1 cm³/mol. The largest absolute Gasteiger partial charge is 0.504 e. The Morgan fingerprint density at radius 1 is 1.45 bits per heavy atom. The van der Waals surface area contributed by atoms with E-state index in [1.807, 2.05) is 13.0 Å². The first-order chi connectivity index (χ1) is 10.5. The normalized spacial score (nSPS) is 11.0. The maximum Gasteiger partial charge on any atom is 0.262 e. The van der Waals surface area contributed by atoms with E-state index >= 15 is 0 Å². The van der Waals surface area contributed by atoms with E-state index in [9.17, 15) is 15.0 Å². The van der Waals surface area contributed by atoms with E-state index in [-0.39, 0.29) is 17.1 Å². The third kappa shape index (κ3) is 3.84. The Bertz CT molecular complexity index is 775. The standard InChI is InChI=1S/C15H13N3O3S/c1-9-17-7-12(22-9)8-18-15(21)11(6-16)4-10-2-3-13(19)14(20)5-10/h2-5,7,19-20H,8H2,1H3,(H,18,21)/b11-4+. The second-order valence-electron chi connectivity index (χ2n) is 4.45. The molecule has 0 saturated carbocycles. The molecule has 2 rings (SSSR count). The number of hydrogen-bond acceptors (Lipinski definition) is 6. The zero-order valence-corrected chi connectivity index (χ0v) is 12.5. The summed E-state index contributed by atoms with van der Waals surface area (Å²) < 4.78 is 0. The van der Waals surface area contributed by atoms with Gasteiger partial charge in [-0.25, -0.2) is 4.98 Å². The fourth-order valence-corrected chi connectivity index (χ4v) is 2.43. The van der Waals surface area contributed by atoms with Crippen LogP contribution in [0.15, 0.2) is 30.0 Å². The number of aromatic nitrogens is 1. The second kappa shape index (κ2) is 6.74. The van der Waals surface area contributed by atoms with Gasteiger partial charge in [-0.15, -0.1) is 11.3 Å². The number of amides is 1. The first-order valence-electron chi connectivity index (χ1n) is 6.33. The molecule has 22 heavy (non-hydrogen) atoms. The molecule has 0 saturated heterocycles. The van der Waals surface area contributed by atoms with Crippen LogP contribution in [0.25, 0.3) is 6.08 Å². The van der Waals surface area contributed by atoms with Crippen LogP contribution in [0.5, 0.6) is 11.5 Å². The molecule has 1 aromatic carbocycles. The van der Waals surface area contributed by atoms with E-state index < -0.39 is 5.91 Å². The SMILES string of the molecule is Cc1ncc(CNC(=O)/C(C#N)=C/c2ccc(O)c(O)c2)s1. The van der Waals surface area contributed by atoms with Crippen molar-refractivity contribution in [3.8, 4) is 17.6 Å². The van der Waals surface area contributed by atoms with Crippen LogP contribution < -0.4 is 5.32 Å². The fourth-order valence-electron chi connectivity index (χ4n) is 1.70. The molecule has 1 aromatic heterocycles. The second-order valence-corrected chi connectivity index (χ2v) is 5.77. The number of aryl methyl sites for hydroxylation is 1. The van der Waals surface area contributed by atoms with Gasteiger partial charge < -0.3 is 15.5 Å². The number of thiazole rings is 1. The van der Waals surface area contributed by atoms with Crippen LogP contribution in [-0.4, -0.2) is 21.1 Å². The van der Waals surface area contributed by atoms with E-state index in [2.05, 4.69) is 10.3 Å². The zero-order chi connectivity index (χ0) is 16.1. The van der Waals surface area contributed by atoms with Crippen LogP contribution in [0.4, 0.5) is 0 Å². The number of phenolic OH excluding ortho intramolecular Hbond substituents is 2. The summed E-state index contributed by atoms with van der Waals surface area (Å²) in [6.45, 7) is 2.16. The van der Waals surface area contributed by atoms with E-state index in [1.54, 1.807) is 6.20 Å². The Hall–Kier alpha value is -2.85. The molecule has 0 fully saturated rings. The molecule has 0 aliphatic rings. The highest BCUT2D eigenvalue weighted by atomic mass is 32.1. The molecular weight excluding hydrogens is 302 g/mol. The summed E-state index contributed by atoms with van der Waals surface area (Å²) in [5.74, 6) is -1.09. The van der Waals surface area contributed by atoms with E-state index in [0.29, 0.717) is 12.1 Å². The highest BCUT2D eigenvalue weighted by molar-refractivity contribution is 7.11. The molecule has 0 radical (unpaired) electrons. The number of benzene rings is 1. The molecule has 0 aliphatic carbocycles. The number of carbonyl (C=O) groups is 1. The molecule has 0 bridgehead atoms. The summed E-state index contributed by atoms with van der Waals surface area (Å²) in [6, 6.07) is 5.87. The smallest absolute Gasteiger partial charge is 0.262 e. The molecule has 0 aliphatic heterocycles. The van der Waals surface area contributed by atoms with Crippen molar-refractivity contribution in [2.75, 3.05) is 0 Å². The van der Waals surface area contributed by atoms with Crippen molar-refractivity contribution in [1.82, 2.24) is 10.3 Å². The summed E-state index contributed by atoms with van der Waals surface area (Å²) in [7, 11) is 0. The van der Waals surface area contributed by atoms with Gasteiger partial charge in [-0.2, -0.15) is 5.26 Å². The minimum absolute atomic E-state index is 0.0914. The summed E-state index contributed by atoms with van der Waals surface area (Å²) >= 11 is 1.47. The Kier molecular flexibility index (Phi) is 4.76. The first kappa shape index (κ1) is 15.5. The van der Waals surface area contributed by atoms with Crippen LogP contribution in [0.1, 0.15) is 15.4 Å². The van der Waals surface area contributed by atoms with Crippen LogP contribution in [0.2, 0.25) is 0 Å². The van der Waals surface area contributed by atoms with Gasteiger partial charge in [0.2, 0.25) is 0 Å². The number of nitrogens with one attached hydrogen (secondary N) is 1. The predicted octanol–water partition coefficient (Wildman–Crippen LogP) is 2.09. The monoisotopic (exact) mass is 315 g/mol. The lowest BCUT2D eigenvalue weighted by molar-refractivity contribution is -0.117. The lowest BCUT2D eigenvalue weighted by atomic mass is 10.1. The van der Waals surface area contributed by atoms with Crippen molar-refractivity contribution in [3.63, 3.8) is 0 Å². The molecule has 0 unspecified atom stereocenters. The van der Waals surface area contributed by atoms with Gasteiger partial charge >= 0.3 is 0 Å². The van der Waals surface area contributed by atoms with Crippen LogP contribution in [0.3, 0.4) is 0 Å². The van der Waals surface area contributed by atoms with E-state index in [1.165, 1.54) is 35.6 Å². The third-order valence-corrected chi connectivity index (χ3v) is 3.68. The van der Waals surface area contributed by atoms with Crippen LogP contribution in [0, 0.1) is 18.3 Å². The van der Waals surface area contributed by atoms with Gasteiger partial charge in [0.1, 0.15) is 11.6 Å². The molecule has 0 spiro atoms. The van der Waals surface area contributed by atoms with Gasteiger partial charge in [0, 0.05) is 11.1 Å². The summed E-state index contributed by atoms with van der Waals surface area (Å²) in [5, 5.41) is 31.3. The van der Waals surface area contributed by atoms with Crippen LogP contribution in [-0.2, 0) is 11.3 Å². The molecule has 2 aromatic rings. The lowest BCUT2D eigenvalue weighted by Crippen LogP contribution is -2.23. The Morgan fingerprint density at radius 3 is 2.82 bits per heavy atom. The molecule has 1 amide bonds. The maximum absolute atomic E-state index is 12.0. The molecular formula is C15H13N3O3S. The average molecular weight is 315 g/mol. The van der Waals surface area contributed by atoms with Gasteiger partial charge in [-0.3, -0.25) is 4.79 Å². The average Bonchev–Trinajstić information content (AvgIpc) is 2.91. The van der Waals surface area contributed by atoms with Crippen LogP contribution >= 0.6 is 11.3 Å². The zero-order valence-electron chi connectivity index (χ0n) is 11.7. The number of phenols is 2. The number of aromatic hydroxyl groups is 2. The number of nitrogens with zero attached hydrogens (tertiary/aromatic N) is 2. The Morgan fingerprint density at radius 2 is 2.23 bits per heavy atom. The van der Waals surface area contributed by atoms with Crippen molar-refractivity contribution >= 4 is 23.3 Å². The van der Waals surface area contributed by atoms with Gasteiger partial charge in [-0.05, 0) is 30.7 Å². The van der Waals surface area contributed by atoms with Gasteiger partial charge in [0.15, 0.2) is 11.5 Å². The number of nitriles is 1. The lowest BCUT2D eigenvalue weighted by Gasteiger charge is -2.03. The molecule has 7 heteroatoms. The summed E-state index contributed by atoms with van der Waals surface area (Å²) in [4.78, 5) is 17.0. The third-order valence-electron chi connectivity index (χ3n) is 2.77. The Balaban J connectivity index is 2.09. The maximum atomic E-state index is 12.0. The minimum Gasteiger partial charge on any atom is -0.504 e. The molecule has 0 atom stereocenters. The van der Waals surface area contributed by atoms with E-state index in [4.69, 9.17) is 5.26 Å². The summed E-state index contributed by atoms with van der Waals surface area (Å²) in [6.07, 6.45) is 3.01. The minimum atomic E-state index is -0.513. The van der Waals surface area contributed by atoms with Gasteiger partial charge in [0.05, 0.1) is 11.6 Å². The molecule has 6 nitrogen and oxygen atoms in total. The number of hydrogen-bond donors (Lipinski definition) is 3. The number of carbonyl (C=O) groups excluding carboxylic acids is 1. The molecule has 112 valence electrons. The Labute approximate surface area is 131 Å². The quantitative estimate of drug-likeness (QED) is 0.455. The van der Waals surface area contributed by atoms with E-state index in [0.717, 1.165) is 9.88 Å². The van der Waals surface area contributed by atoms with Crippen molar-refractivity contribution in [3.05, 3.63) is 45.4 Å². The van der Waals surface area contributed by atoms with Gasteiger partial charge in [0.25, 0.3) is 5.91 Å². The molecule has 1 heterocycles. The van der Waals surface area contributed by atoms with Crippen molar-refractivity contribution < 1.29 is 15.0 Å². The highest BCUT2D eigenvalue weighted by Gasteiger charge is 2.10. The fraction of sp³-hybridized carbons (Fsp3) is 0.133. The summed E-state index contributed by atoms with van der Waals surface area (Å²) in [5.41, 5.74) is 0.349. The molecule has 3 N–H and O–H groups in total. The van der Waals surface area contributed by atoms with Gasteiger partial charge in [-0.1, -0.05) is 6.07 Å². The highest BCUT2D eigenvalue weighted by Crippen LogP contribution is 2.25. The van der Waals surface area contributed by atoms with Crippen molar-refractivity contribution in [1.29, 1.82) is 5.26 Å². The van der Waals surface area contributed by atoms with Crippen molar-refractivity contribution in [2.45, 2.75) is 13.5 Å².